The maximum atomic E-state index is 12.8. The zero-order chi connectivity index (χ0) is 22.9. The summed E-state index contributed by atoms with van der Waals surface area (Å²) in [7, 11) is 0. The second-order valence-corrected chi connectivity index (χ2v) is 8.34. The Morgan fingerprint density at radius 1 is 0.909 bits per heavy atom. The van der Waals surface area contributed by atoms with E-state index < -0.39 is 0 Å². The molecule has 6 heteroatoms. The van der Waals surface area contributed by atoms with E-state index in [1.54, 1.807) is 6.07 Å². The fourth-order valence-electron chi connectivity index (χ4n) is 3.76. The SMILES string of the molecule is Cc1ccc(-c2nc3cc(NC(=S)NC(=O)c4cccc5ccccc45)ccc3o2)cc1C. The Labute approximate surface area is 196 Å². The first-order chi connectivity index (χ1) is 16.0. The van der Waals surface area contributed by atoms with Crippen LogP contribution < -0.4 is 10.6 Å². The molecule has 1 amide bonds. The predicted molar refractivity (Wildman–Crippen MR) is 137 cm³/mol. The van der Waals surface area contributed by atoms with E-state index in [-0.39, 0.29) is 11.0 Å². The third-order valence-electron chi connectivity index (χ3n) is 5.66. The second-order valence-electron chi connectivity index (χ2n) is 7.94. The normalized spacial score (nSPS) is 11.0. The van der Waals surface area contributed by atoms with Crippen LogP contribution in [0, 0.1) is 13.8 Å². The molecule has 0 bridgehead atoms. The monoisotopic (exact) mass is 451 g/mol. The molecule has 1 aromatic heterocycles. The summed E-state index contributed by atoms with van der Waals surface area (Å²) < 4.78 is 5.93. The Morgan fingerprint density at radius 2 is 1.73 bits per heavy atom. The third kappa shape index (κ3) is 4.21. The highest BCUT2D eigenvalue weighted by Crippen LogP contribution is 2.27. The topological polar surface area (TPSA) is 67.2 Å². The van der Waals surface area contributed by atoms with Crippen LogP contribution in [0.4, 0.5) is 5.69 Å². The zero-order valence-corrected chi connectivity index (χ0v) is 19.0. The molecule has 0 fully saturated rings. The lowest BCUT2D eigenvalue weighted by Crippen LogP contribution is -2.34. The van der Waals surface area contributed by atoms with Gasteiger partial charge < -0.3 is 9.73 Å². The highest BCUT2D eigenvalue weighted by Gasteiger charge is 2.13. The molecule has 0 atom stereocenters. The van der Waals surface area contributed by atoms with Crippen LogP contribution >= 0.6 is 12.2 Å². The first-order valence-corrected chi connectivity index (χ1v) is 11.0. The summed E-state index contributed by atoms with van der Waals surface area (Å²) in [6.07, 6.45) is 0. The summed E-state index contributed by atoms with van der Waals surface area (Å²) in [5.74, 6) is 0.306. The van der Waals surface area contributed by atoms with Gasteiger partial charge in [0.2, 0.25) is 5.89 Å². The number of benzene rings is 4. The van der Waals surface area contributed by atoms with Crippen molar-refractivity contribution >= 4 is 50.8 Å². The van der Waals surface area contributed by atoms with Gasteiger partial charge in [-0.2, -0.15) is 0 Å². The molecule has 5 rings (SSSR count). The van der Waals surface area contributed by atoms with Crippen LogP contribution in [0.2, 0.25) is 0 Å². The number of aryl methyl sites for hydroxylation is 2. The number of thiocarbonyl (C=S) groups is 1. The number of aromatic nitrogens is 1. The van der Waals surface area contributed by atoms with Crippen molar-refractivity contribution in [2.75, 3.05) is 5.32 Å². The molecule has 33 heavy (non-hydrogen) atoms. The molecular formula is C27H21N3O2S. The number of oxazole rings is 1. The number of carbonyl (C=O) groups excluding carboxylic acids is 1. The van der Waals surface area contributed by atoms with Crippen molar-refractivity contribution in [2.24, 2.45) is 0 Å². The van der Waals surface area contributed by atoms with Crippen LogP contribution in [0.1, 0.15) is 21.5 Å². The number of anilines is 1. The number of nitrogens with one attached hydrogen (secondary N) is 2. The summed E-state index contributed by atoms with van der Waals surface area (Å²) in [5.41, 5.74) is 6.01. The average molecular weight is 452 g/mol. The lowest BCUT2D eigenvalue weighted by Gasteiger charge is -2.11. The molecule has 2 N–H and O–H groups in total. The first-order valence-electron chi connectivity index (χ1n) is 10.6. The molecule has 0 saturated carbocycles. The van der Waals surface area contributed by atoms with Crippen LogP contribution in [0.25, 0.3) is 33.3 Å². The molecule has 0 aliphatic carbocycles. The van der Waals surface area contributed by atoms with Gasteiger partial charge in [0.1, 0.15) is 5.52 Å². The number of hydrogen-bond donors (Lipinski definition) is 2. The van der Waals surface area contributed by atoms with Crippen molar-refractivity contribution in [3.63, 3.8) is 0 Å². The molecule has 5 nitrogen and oxygen atoms in total. The van der Waals surface area contributed by atoms with Crippen molar-refractivity contribution in [1.82, 2.24) is 10.3 Å². The van der Waals surface area contributed by atoms with Gasteiger partial charge in [0.05, 0.1) is 0 Å². The van der Waals surface area contributed by atoms with Gasteiger partial charge in [-0.3, -0.25) is 10.1 Å². The Kier molecular flexibility index (Phi) is 5.36. The van der Waals surface area contributed by atoms with Crippen molar-refractivity contribution in [2.45, 2.75) is 13.8 Å². The third-order valence-corrected chi connectivity index (χ3v) is 5.86. The minimum Gasteiger partial charge on any atom is -0.436 e. The van der Waals surface area contributed by atoms with E-state index in [9.17, 15) is 4.79 Å². The maximum absolute atomic E-state index is 12.8. The van der Waals surface area contributed by atoms with E-state index in [1.165, 1.54) is 11.1 Å². The van der Waals surface area contributed by atoms with Gasteiger partial charge in [-0.15, -0.1) is 0 Å². The standard InChI is InChI=1S/C27H21N3O2S/c1-16-10-11-19(14-17(16)2)26-29-23-15-20(12-13-24(23)32-26)28-27(33)30-25(31)22-9-5-7-18-6-3-4-8-21(18)22/h3-15H,1-2H3,(H2,28,30,31,33). The Hall–Kier alpha value is -4.03. The van der Waals surface area contributed by atoms with E-state index in [4.69, 9.17) is 16.6 Å². The van der Waals surface area contributed by atoms with E-state index in [1.807, 2.05) is 60.7 Å². The van der Waals surface area contributed by atoms with Gasteiger partial charge in [0.15, 0.2) is 10.7 Å². The molecule has 0 aliphatic heterocycles. The number of carbonyl (C=O) groups is 1. The second kappa shape index (κ2) is 8.48. The highest BCUT2D eigenvalue weighted by atomic mass is 32.1. The average Bonchev–Trinajstić information content (AvgIpc) is 3.24. The first kappa shape index (κ1) is 20.8. The van der Waals surface area contributed by atoms with Crippen molar-refractivity contribution in [1.29, 1.82) is 0 Å². The molecule has 0 spiro atoms. The Morgan fingerprint density at radius 3 is 2.58 bits per heavy atom. The largest absolute Gasteiger partial charge is 0.436 e. The number of hydrogen-bond acceptors (Lipinski definition) is 4. The van der Waals surface area contributed by atoms with Crippen molar-refractivity contribution in [3.05, 3.63) is 95.6 Å². The quantitative estimate of drug-likeness (QED) is 0.311. The Bertz CT molecular complexity index is 1530. The smallest absolute Gasteiger partial charge is 0.258 e. The lowest BCUT2D eigenvalue weighted by molar-refractivity contribution is 0.0979. The summed E-state index contributed by atoms with van der Waals surface area (Å²) in [6.45, 7) is 4.14. The number of fused-ring (bicyclic) bond motifs is 2. The molecule has 162 valence electrons. The fraction of sp³-hybridized carbons (Fsp3) is 0.0741. The number of rotatable bonds is 3. The molecular weight excluding hydrogens is 430 g/mol. The van der Waals surface area contributed by atoms with Crippen LogP contribution in [-0.2, 0) is 0 Å². The van der Waals surface area contributed by atoms with E-state index >= 15 is 0 Å². The van der Waals surface area contributed by atoms with Gasteiger partial charge >= 0.3 is 0 Å². The van der Waals surface area contributed by atoms with Crippen molar-refractivity contribution < 1.29 is 9.21 Å². The van der Waals surface area contributed by atoms with Gasteiger partial charge in [-0.05, 0) is 84.4 Å². The zero-order valence-electron chi connectivity index (χ0n) is 18.2. The molecule has 1 heterocycles. The molecule has 0 unspecified atom stereocenters. The van der Waals surface area contributed by atoms with Gasteiger partial charge in [0, 0.05) is 16.8 Å². The summed E-state index contributed by atoms with van der Waals surface area (Å²) in [4.78, 5) is 17.4. The fourth-order valence-corrected chi connectivity index (χ4v) is 3.97. The van der Waals surface area contributed by atoms with Crippen LogP contribution in [0.5, 0.6) is 0 Å². The molecule has 0 aliphatic rings. The summed E-state index contributed by atoms with van der Waals surface area (Å²) >= 11 is 5.38. The van der Waals surface area contributed by atoms with Crippen molar-refractivity contribution in [3.8, 4) is 11.5 Å². The minimum absolute atomic E-state index is 0.213. The number of nitrogens with zero attached hydrogens (tertiary/aromatic N) is 1. The lowest BCUT2D eigenvalue weighted by atomic mass is 10.0. The van der Waals surface area contributed by atoms with E-state index in [0.29, 0.717) is 28.2 Å². The van der Waals surface area contributed by atoms with Crippen LogP contribution in [-0.4, -0.2) is 16.0 Å². The minimum atomic E-state index is -0.260. The molecule has 4 aromatic carbocycles. The van der Waals surface area contributed by atoms with E-state index in [2.05, 4.69) is 41.6 Å². The van der Waals surface area contributed by atoms with Crippen LogP contribution in [0.15, 0.2) is 83.3 Å². The predicted octanol–water partition coefficient (Wildman–Crippen LogP) is 6.39. The molecule has 5 aromatic rings. The van der Waals surface area contributed by atoms with Gasteiger partial charge in [0.25, 0.3) is 5.91 Å². The van der Waals surface area contributed by atoms with Gasteiger partial charge in [-0.1, -0.05) is 42.5 Å². The maximum Gasteiger partial charge on any atom is 0.258 e. The summed E-state index contributed by atoms with van der Waals surface area (Å²) in [6, 6.07) is 25.0. The highest BCUT2D eigenvalue weighted by molar-refractivity contribution is 7.80. The molecule has 0 saturated heterocycles. The summed E-state index contributed by atoms with van der Waals surface area (Å²) in [5, 5.41) is 7.92. The molecule has 0 radical (unpaired) electrons. The van der Waals surface area contributed by atoms with E-state index in [0.717, 1.165) is 16.3 Å². The van der Waals surface area contributed by atoms with Crippen LogP contribution in [0.3, 0.4) is 0 Å². The Balaban J connectivity index is 1.33. The number of amides is 1. The van der Waals surface area contributed by atoms with Gasteiger partial charge in [-0.25, -0.2) is 4.98 Å².